The second-order valence-corrected chi connectivity index (χ2v) is 7.12. The van der Waals surface area contributed by atoms with E-state index in [-0.39, 0.29) is 17.7 Å². The Kier molecular flexibility index (Phi) is 5.21. The maximum absolute atomic E-state index is 12.2. The molecule has 0 aliphatic carbocycles. The lowest BCUT2D eigenvalue weighted by Crippen LogP contribution is -2.31. The molecule has 0 radical (unpaired) electrons. The zero-order valence-corrected chi connectivity index (χ0v) is 15.2. The summed E-state index contributed by atoms with van der Waals surface area (Å²) in [6, 6.07) is 14.4. The van der Waals surface area contributed by atoms with Crippen molar-refractivity contribution in [1.82, 2.24) is 5.32 Å². The summed E-state index contributed by atoms with van der Waals surface area (Å²) < 4.78 is 0.861. The number of amides is 2. The monoisotopic (exact) mass is 406 g/mol. The van der Waals surface area contributed by atoms with E-state index in [1.165, 1.54) is 0 Å². The minimum atomic E-state index is -0.131. The van der Waals surface area contributed by atoms with Gasteiger partial charge in [-0.25, -0.2) is 0 Å². The lowest BCUT2D eigenvalue weighted by Gasteiger charge is -2.17. The van der Waals surface area contributed by atoms with Gasteiger partial charge in [-0.05, 0) is 42.5 Å². The fourth-order valence-electron chi connectivity index (χ4n) is 2.76. The first-order chi connectivity index (χ1) is 11.5. The highest BCUT2D eigenvalue weighted by molar-refractivity contribution is 9.10. The summed E-state index contributed by atoms with van der Waals surface area (Å²) in [6.45, 7) is 1.07. The van der Waals surface area contributed by atoms with Crippen molar-refractivity contribution in [2.24, 2.45) is 5.92 Å². The Balaban J connectivity index is 1.58. The van der Waals surface area contributed by atoms with E-state index in [1.54, 1.807) is 29.2 Å². The molecule has 1 atom stereocenters. The van der Waals surface area contributed by atoms with Crippen molar-refractivity contribution in [3.63, 3.8) is 0 Å². The van der Waals surface area contributed by atoms with E-state index in [4.69, 9.17) is 11.6 Å². The molecule has 0 bridgehead atoms. The van der Waals surface area contributed by atoms with Gasteiger partial charge < -0.3 is 10.2 Å². The van der Waals surface area contributed by atoms with Crippen LogP contribution in [0.5, 0.6) is 0 Å². The maximum atomic E-state index is 12.2. The van der Waals surface area contributed by atoms with E-state index in [1.807, 2.05) is 24.3 Å². The lowest BCUT2D eigenvalue weighted by molar-refractivity contribution is -0.117. The molecular formula is C18H16BrClN2O2. The number of rotatable bonds is 4. The maximum Gasteiger partial charge on any atom is 0.251 e. The summed E-state index contributed by atoms with van der Waals surface area (Å²) in [5.74, 6) is 0.0389. The van der Waals surface area contributed by atoms with Crippen molar-refractivity contribution in [3.05, 3.63) is 63.6 Å². The number of carbonyl (C=O) groups excluding carboxylic acids is 2. The summed E-state index contributed by atoms with van der Waals surface area (Å²) in [4.78, 5) is 26.1. The molecule has 4 nitrogen and oxygen atoms in total. The van der Waals surface area contributed by atoms with Gasteiger partial charge in [0.15, 0.2) is 0 Å². The van der Waals surface area contributed by atoms with Crippen molar-refractivity contribution in [3.8, 4) is 0 Å². The van der Waals surface area contributed by atoms with Crippen molar-refractivity contribution < 1.29 is 9.59 Å². The molecule has 1 aliphatic rings. The Bertz CT molecular complexity index is 764. The molecule has 1 unspecified atom stereocenters. The zero-order chi connectivity index (χ0) is 17.1. The van der Waals surface area contributed by atoms with Crippen LogP contribution in [0.25, 0.3) is 0 Å². The summed E-state index contributed by atoms with van der Waals surface area (Å²) in [7, 11) is 0. The molecule has 1 fully saturated rings. The zero-order valence-electron chi connectivity index (χ0n) is 12.8. The van der Waals surface area contributed by atoms with Gasteiger partial charge in [-0.1, -0.05) is 33.6 Å². The molecule has 24 heavy (non-hydrogen) atoms. The van der Waals surface area contributed by atoms with Gasteiger partial charge in [-0.15, -0.1) is 0 Å². The summed E-state index contributed by atoms with van der Waals surface area (Å²) in [5, 5.41) is 3.55. The Morgan fingerprint density at radius 1 is 1.25 bits per heavy atom. The summed E-state index contributed by atoms with van der Waals surface area (Å²) >= 11 is 9.24. The molecule has 0 spiro atoms. The number of halogens is 2. The van der Waals surface area contributed by atoms with Crippen LogP contribution in [-0.4, -0.2) is 24.9 Å². The molecule has 0 saturated carbocycles. The van der Waals surface area contributed by atoms with Crippen LogP contribution >= 0.6 is 27.5 Å². The molecule has 2 aromatic carbocycles. The van der Waals surface area contributed by atoms with Gasteiger partial charge in [0, 0.05) is 46.2 Å². The highest BCUT2D eigenvalue weighted by atomic mass is 79.9. The summed E-state index contributed by atoms with van der Waals surface area (Å²) in [5.41, 5.74) is 1.44. The van der Waals surface area contributed by atoms with Crippen molar-refractivity contribution >= 4 is 45.0 Å². The first-order valence-corrected chi connectivity index (χ1v) is 8.80. The van der Waals surface area contributed by atoms with E-state index in [0.717, 1.165) is 10.2 Å². The number of anilines is 1. The Morgan fingerprint density at radius 2 is 2.00 bits per heavy atom. The Labute approximate surface area is 153 Å². The van der Waals surface area contributed by atoms with E-state index >= 15 is 0 Å². The quantitative estimate of drug-likeness (QED) is 0.836. The predicted octanol–water partition coefficient (Wildman–Crippen LogP) is 3.89. The average Bonchev–Trinajstić information content (AvgIpc) is 2.94. The first kappa shape index (κ1) is 17.0. The molecule has 0 aromatic heterocycles. The molecule has 1 N–H and O–H groups in total. The average molecular weight is 408 g/mol. The van der Waals surface area contributed by atoms with Gasteiger partial charge in [-0.2, -0.15) is 0 Å². The van der Waals surface area contributed by atoms with Crippen LogP contribution in [0, 0.1) is 5.92 Å². The first-order valence-electron chi connectivity index (χ1n) is 7.62. The van der Waals surface area contributed by atoms with Crippen LogP contribution in [0.1, 0.15) is 16.8 Å². The number of carbonyl (C=O) groups is 2. The van der Waals surface area contributed by atoms with Crippen LogP contribution in [0.3, 0.4) is 0 Å². The van der Waals surface area contributed by atoms with Crippen LogP contribution in [-0.2, 0) is 4.79 Å². The molecule has 1 saturated heterocycles. The number of nitrogens with zero attached hydrogens (tertiary/aromatic N) is 1. The SMILES string of the molecule is O=C(NCC1CC(=O)N(c2ccc(Cl)cc2)C1)c1cccc(Br)c1. The highest BCUT2D eigenvalue weighted by Crippen LogP contribution is 2.26. The van der Waals surface area contributed by atoms with Gasteiger partial charge in [0.2, 0.25) is 5.91 Å². The molecule has 1 heterocycles. The summed E-state index contributed by atoms with van der Waals surface area (Å²) in [6.07, 6.45) is 0.432. The van der Waals surface area contributed by atoms with E-state index in [9.17, 15) is 9.59 Å². The molecule has 1 aliphatic heterocycles. The van der Waals surface area contributed by atoms with Gasteiger partial charge in [-0.3, -0.25) is 9.59 Å². The molecule has 2 amide bonds. The second kappa shape index (κ2) is 7.36. The smallest absolute Gasteiger partial charge is 0.251 e. The molecule has 124 valence electrons. The van der Waals surface area contributed by atoms with Crippen LogP contribution < -0.4 is 10.2 Å². The predicted molar refractivity (Wildman–Crippen MR) is 98.4 cm³/mol. The number of nitrogens with one attached hydrogen (secondary N) is 1. The number of benzene rings is 2. The Hall–Kier alpha value is -1.85. The van der Waals surface area contributed by atoms with E-state index in [2.05, 4.69) is 21.2 Å². The largest absolute Gasteiger partial charge is 0.352 e. The third-order valence-corrected chi connectivity index (χ3v) is 4.73. The van der Waals surface area contributed by atoms with Crippen molar-refractivity contribution in [1.29, 1.82) is 0 Å². The third kappa shape index (κ3) is 3.97. The Morgan fingerprint density at radius 3 is 2.71 bits per heavy atom. The highest BCUT2D eigenvalue weighted by Gasteiger charge is 2.30. The number of hydrogen-bond acceptors (Lipinski definition) is 2. The molecule has 6 heteroatoms. The standard InChI is InChI=1S/C18H16BrClN2O2/c19-14-3-1-2-13(9-14)18(24)21-10-12-8-17(23)22(11-12)16-6-4-15(20)5-7-16/h1-7,9,12H,8,10-11H2,(H,21,24). The van der Waals surface area contributed by atoms with E-state index in [0.29, 0.717) is 30.1 Å². The fourth-order valence-corrected chi connectivity index (χ4v) is 3.28. The van der Waals surface area contributed by atoms with Crippen molar-refractivity contribution in [2.45, 2.75) is 6.42 Å². The van der Waals surface area contributed by atoms with Crippen LogP contribution in [0.15, 0.2) is 53.0 Å². The topological polar surface area (TPSA) is 49.4 Å². The van der Waals surface area contributed by atoms with Gasteiger partial charge in [0.05, 0.1) is 0 Å². The van der Waals surface area contributed by atoms with Crippen molar-refractivity contribution in [2.75, 3.05) is 18.0 Å². The third-order valence-electron chi connectivity index (χ3n) is 3.98. The van der Waals surface area contributed by atoms with Gasteiger partial charge in [0.1, 0.15) is 0 Å². The fraction of sp³-hybridized carbons (Fsp3) is 0.222. The number of hydrogen-bond donors (Lipinski definition) is 1. The van der Waals surface area contributed by atoms with Crippen LogP contribution in [0.2, 0.25) is 5.02 Å². The normalized spacial score (nSPS) is 17.2. The van der Waals surface area contributed by atoms with Gasteiger partial charge >= 0.3 is 0 Å². The minimum absolute atomic E-state index is 0.0685. The molecule has 2 aromatic rings. The lowest BCUT2D eigenvalue weighted by atomic mass is 10.1. The molecule has 3 rings (SSSR count). The van der Waals surface area contributed by atoms with Crippen LogP contribution in [0.4, 0.5) is 5.69 Å². The second-order valence-electron chi connectivity index (χ2n) is 5.77. The van der Waals surface area contributed by atoms with Gasteiger partial charge in [0.25, 0.3) is 5.91 Å². The van der Waals surface area contributed by atoms with E-state index < -0.39 is 0 Å². The minimum Gasteiger partial charge on any atom is -0.352 e. The molecular weight excluding hydrogens is 392 g/mol.